The molecule has 1 aromatic carbocycles. The number of para-hydroxylation sites is 1. The van der Waals surface area contributed by atoms with Crippen molar-refractivity contribution in [2.45, 2.75) is 6.54 Å². The van der Waals surface area contributed by atoms with Crippen molar-refractivity contribution in [2.75, 3.05) is 20.2 Å². The summed E-state index contributed by atoms with van der Waals surface area (Å²) < 4.78 is 5.40. The zero-order valence-electron chi connectivity index (χ0n) is 12.8. The van der Waals surface area contributed by atoms with E-state index in [0.717, 1.165) is 36.0 Å². The summed E-state index contributed by atoms with van der Waals surface area (Å²) in [6.07, 6.45) is 1.92. The van der Waals surface area contributed by atoms with Crippen LogP contribution in [0.5, 0.6) is 5.75 Å². The maximum Gasteiger partial charge on any atom is 0.307 e. The molecule has 3 atom stereocenters. The number of rotatable bonds is 5. The summed E-state index contributed by atoms with van der Waals surface area (Å²) >= 11 is 1.68. The number of piperidine rings is 1. The van der Waals surface area contributed by atoms with E-state index in [1.165, 1.54) is 4.88 Å². The molecule has 2 heterocycles. The summed E-state index contributed by atoms with van der Waals surface area (Å²) in [5.41, 5.74) is 1.02. The maximum atomic E-state index is 11.0. The lowest BCUT2D eigenvalue weighted by Gasteiger charge is -2.17. The van der Waals surface area contributed by atoms with E-state index < -0.39 is 5.97 Å². The standard InChI is InChI=1S/C17H18N2O3S/c1-22-14-5-3-2-4-11(14)16-18-6-10(23-16)7-19-8-12-13(9-19)15(12)17(20)21/h2-6,12-13,15H,7-9H2,1H3,(H,20,21)/t12-,13+,15?. The van der Waals surface area contributed by atoms with Crippen LogP contribution in [0.3, 0.4) is 0 Å². The topological polar surface area (TPSA) is 62.7 Å². The molecule has 1 unspecified atom stereocenters. The van der Waals surface area contributed by atoms with Gasteiger partial charge in [-0.2, -0.15) is 0 Å². The lowest BCUT2D eigenvalue weighted by atomic mass is 10.2. The van der Waals surface area contributed by atoms with Crippen molar-refractivity contribution in [3.63, 3.8) is 0 Å². The van der Waals surface area contributed by atoms with Crippen LogP contribution in [-0.2, 0) is 11.3 Å². The Morgan fingerprint density at radius 1 is 1.39 bits per heavy atom. The number of methoxy groups -OCH3 is 1. The lowest BCUT2D eigenvalue weighted by Crippen LogP contribution is -2.25. The molecule has 2 fully saturated rings. The molecule has 0 radical (unpaired) electrons. The highest BCUT2D eigenvalue weighted by atomic mass is 32.1. The van der Waals surface area contributed by atoms with Gasteiger partial charge in [0.15, 0.2) is 0 Å². The number of hydrogen-bond donors (Lipinski definition) is 1. The molecule has 1 saturated heterocycles. The SMILES string of the molecule is COc1ccccc1-c1ncc(CN2C[C@@H]3C(C(=O)O)[C@@H]3C2)s1. The minimum atomic E-state index is -0.629. The van der Waals surface area contributed by atoms with Crippen molar-refractivity contribution in [1.29, 1.82) is 0 Å². The zero-order valence-corrected chi connectivity index (χ0v) is 13.6. The van der Waals surface area contributed by atoms with Crippen LogP contribution in [0.25, 0.3) is 10.6 Å². The van der Waals surface area contributed by atoms with E-state index in [9.17, 15) is 4.79 Å². The van der Waals surface area contributed by atoms with Crippen LogP contribution in [-0.4, -0.2) is 41.2 Å². The smallest absolute Gasteiger partial charge is 0.307 e. The third-order valence-electron chi connectivity index (χ3n) is 4.83. The molecule has 1 N–H and O–H groups in total. The first kappa shape index (κ1) is 14.7. The second-order valence-electron chi connectivity index (χ2n) is 6.22. The molecule has 0 bridgehead atoms. The van der Waals surface area contributed by atoms with Crippen molar-refractivity contribution >= 4 is 17.3 Å². The molecule has 120 valence electrons. The van der Waals surface area contributed by atoms with Gasteiger partial charge in [-0.1, -0.05) is 12.1 Å². The van der Waals surface area contributed by atoms with Crippen LogP contribution in [0.1, 0.15) is 4.88 Å². The van der Waals surface area contributed by atoms with Crippen molar-refractivity contribution in [3.05, 3.63) is 35.3 Å². The van der Waals surface area contributed by atoms with Crippen molar-refractivity contribution in [2.24, 2.45) is 17.8 Å². The molecule has 6 heteroatoms. The molecular formula is C17H18N2O3S. The van der Waals surface area contributed by atoms with Gasteiger partial charge in [0, 0.05) is 30.7 Å². The van der Waals surface area contributed by atoms with Gasteiger partial charge >= 0.3 is 5.97 Å². The fourth-order valence-electron chi connectivity index (χ4n) is 3.66. The van der Waals surface area contributed by atoms with E-state index in [1.54, 1.807) is 18.4 Å². The Morgan fingerprint density at radius 2 is 2.13 bits per heavy atom. The number of aromatic nitrogens is 1. The van der Waals surface area contributed by atoms with Gasteiger partial charge < -0.3 is 9.84 Å². The second kappa shape index (κ2) is 5.62. The van der Waals surface area contributed by atoms with Crippen LogP contribution in [0.15, 0.2) is 30.5 Å². The number of fused-ring (bicyclic) bond motifs is 1. The maximum absolute atomic E-state index is 11.0. The fourth-order valence-corrected chi connectivity index (χ4v) is 4.64. The predicted molar refractivity (Wildman–Crippen MR) is 87.5 cm³/mol. The molecule has 1 aliphatic heterocycles. The van der Waals surface area contributed by atoms with Crippen molar-refractivity contribution < 1.29 is 14.6 Å². The second-order valence-corrected chi connectivity index (χ2v) is 7.33. The van der Waals surface area contributed by atoms with Crippen LogP contribution < -0.4 is 4.74 Å². The number of thiazole rings is 1. The number of likely N-dealkylation sites (tertiary alicyclic amines) is 1. The van der Waals surface area contributed by atoms with E-state index in [4.69, 9.17) is 9.84 Å². The Labute approximate surface area is 138 Å². The largest absolute Gasteiger partial charge is 0.496 e. The number of aliphatic carboxylic acids is 1. The molecule has 0 amide bonds. The number of ether oxygens (including phenoxy) is 1. The van der Waals surface area contributed by atoms with Gasteiger partial charge in [0.1, 0.15) is 10.8 Å². The number of carbonyl (C=O) groups is 1. The van der Waals surface area contributed by atoms with E-state index in [0.29, 0.717) is 11.8 Å². The molecule has 5 nitrogen and oxygen atoms in total. The van der Waals surface area contributed by atoms with Gasteiger partial charge in [-0.15, -0.1) is 11.3 Å². The molecular weight excluding hydrogens is 312 g/mol. The molecule has 2 aromatic rings. The summed E-state index contributed by atoms with van der Waals surface area (Å²) in [5, 5.41) is 10.0. The molecule has 2 aliphatic rings. The number of carboxylic acid groups (broad SMARTS) is 1. The summed E-state index contributed by atoms with van der Waals surface area (Å²) in [6, 6.07) is 7.89. The van der Waals surface area contributed by atoms with E-state index in [-0.39, 0.29) is 5.92 Å². The van der Waals surface area contributed by atoms with Crippen LogP contribution in [0, 0.1) is 17.8 Å². The van der Waals surface area contributed by atoms with E-state index >= 15 is 0 Å². The number of hydrogen-bond acceptors (Lipinski definition) is 5. The number of carboxylic acids is 1. The monoisotopic (exact) mass is 330 g/mol. The van der Waals surface area contributed by atoms with Crippen LogP contribution in [0.2, 0.25) is 0 Å². The Balaban J connectivity index is 1.43. The summed E-state index contributed by atoms with van der Waals surface area (Å²) in [5.74, 6) is 0.816. The van der Waals surface area contributed by atoms with Gasteiger partial charge in [-0.25, -0.2) is 4.98 Å². The van der Waals surface area contributed by atoms with Gasteiger partial charge in [-0.3, -0.25) is 9.69 Å². The first-order valence-corrected chi connectivity index (χ1v) is 8.52. The van der Waals surface area contributed by atoms with Crippen LogP contribution in [0.4, 0.5) is 0 Å². The highest BCUT2D eigenvalue weighted by Gasteiger charge is 2.59. The molecule has 1 aliphatic carbocycles. The minimum absolute atomic E-state index is 0.100. The predicted octanol–water partition coefficient (Wildman–Crippen LogP) is 2.58. The Bertz CT molecular complexity index is 733. The first-order chi connectivity index (χ1) is 11.2. The zero-order chi connectivity index (χ0) is 16.0. The normalized spacial score (nSPS) is 26.0. The Kier molecular flexibility index (Phi) is 3.58. The summed E-state index contributed by atoms with van der Waals surface area (Å²) in [7, 11) is 1.67. The summed E-state index contributed by atoms with van der Waals surface area (Å²) in [4.78, 5) is 19.1. The third-order valence-corrected chi connectivity index (χ3v) is 5.84. The quantitative estimate of drug-likeness (QED) is 0.913. The van der Waals surface area contributed by atoms with Crippen LogP contribution >= 0.6 is 11.3 Å². The van der Waals surface area contributed by atoms with Crippen molar-refractivity contribution in [1.82, 2.24) is 9.88 Å². The third kappa shape index (κ3) is 2.62. The average Bonchev–Trinajstić information content (AvgIpc) is 2.89. The van der Waals surface area contributed by atoms with Gasteiger partial charge in [0.25, 0.3) is 0 Å². The highest BCUT2D eigenvalue weighted by molar-refractivity contribution is 7.15. The summed E-state index contributed by atoms with van der Waals surface area (Å²) in [6.45, 7) is 2.64. The molecule has 1 saturated carbocycles. The van der Waals surface area contributed by atoms with Gasteiger partial charge in [0.2, 0.25) is 0 Å². The molecule has 1 aromatic heterocycles. The molecule has 23 heavy (non-hydrogen) atoms. The molecule has 4 rings (SSSR count). The van der Waals surface area contributed by atoms with E-state index in [2.05, 4.69) is 9.88 Å². The average molecular weight is 330 g/mol. The van der Waals surface area contributed by atoms with Crippen molar-refractivity contribution in [3.8, 4) is 16.3 Å². The highest BCUT2D eigenvalue weighted by Crippen LogP contribution is 2.52. The Hall–Kier alpha value is -1.92. The first-order valence-electron chi connectivity index (χ1n) is 7.70. The number of benzene rings is 1. The van der Waals surface area contributed by atoms with Gasteiger partial charge in [0.05, 0.1) is 18.6 Å². The number of nitrogens with zero attached hydrogens (tertiary/aromatic N) is 2. The minimum Gasteiger partial charge on any atom is -0.496 e. The lowest BCUT2D eigenvalue weighted by molar-refractivity contribution is -0.139. The van der Waals surface area contributed by atoms with Gasteiger partial charge in [-0.05, 0) is 24.0 Å². The Morgan fingerprint density at radius 3 is 2.83 bits per heavy atom. The van der Waals surface area contributed by atoms with E-state index in [1.807, 2.05) is 30.5 Å². The molecule has 0 spiro atoms. The fraction of sp³-hybridized carbons (Fsp3) is 0.412.